The Labute approximate surface area is 140 Å². The maximum Gasteiger partial charge on any atom is 0.273 e. The molecule has 0 aliphatic heterocycles. The van der Waals surface area contributed by atoms with Crippen LogP contribution in [-0.4, -0.2) is 24.0 Å². The molecule has 1 N–H and O–H groups in total. The van der Waals surface area contributed by atoms with Crippen LogP contribution in [0.1, 0.15) is 17.5 Å². The Bertz CT molecular complexity index is 674. The first kappa shape index (κ1) is 17.6. The van der Waals surface area contributed by atoms with Gasteiger partial charge < -0.3 is 10.1 Å². The summed E-state index contributed by atoms with van der Waals surface area (Å²) >= 11 is 0. The molecule has 0 unspecified atom stereocenters. The fourth-order valence-electron chi connectivity index (χ4n) is 2.24. The SMILES string of the molecule is O=C(Cc1ccccc1[N+](=O)[O-])NCCCOCc1ccccc1. The number of nitro groups is 1. The van der Waals surface area contributed by atoms with Crippen molar-refractivity contribution < 1.29 is 14.5 Å². The Kier molecular flexibility index (Phi) is 6.91. The quantitative estimate of drug-likeness (QED) is 0.436. The summed E-state index contributed by atoms with van der Waals surface area (Å²) in [5, 5.41) is 13.7. The zero-order valence-electron chi connectivity index (χ0n) is 13.3. The number of carbonyl (C=O) groups is 1. The minimum atomic E-state index is -0.472. The molecule has 0 saturated carbocycles. The van der Waals surface area contributed by atoms with E-state index in [1.54, 1.807) is 18.2 Å². The smallest absolute Gasteiger partial charge is 0.273 e. The third-order valence-corrected chi connectivity index (χ3v) is 3.44. The lowest BCUT2D eigenvalue weighted by atomic mass is 10.1. The molecule has 0 heterocycles. The number of benzene rings is 2. The van der Waals surface area contributed by atoms with E-state index in [2.05, 4.69) is 5.32 Å². The van der Waals surface area contributed by atoms with Gasteiger partial charge in [0.1, 0.15) is 0 Å². The largest absolute Gasteiger partial charge is 0.377 e. The molecule has 2 aromatic carbocycles. The molecule has 0 saturated heterocycles. The Morgan fingerprint density at radius 2 is 1.79 bits per heavy atom. The molecular weight excluding hydrogens is 308 g/mol. The highest BCUT2D eigenvalue weighted by Crippen LogP contribution is 2.17. The lowest BCUT2D eigenvalue weighted by molar-refractivity contribution is -0.385. The Morgan fingerprint density at radius 1 is 1.08 bits per heavy atom. The van der Waals surface area contributed by atoms with E-state index in [0.29, 0.717) is 31.7 Å². The van der Waals surface area contributed by atoms with Gasteiger partial charge in [-0.1, -0.05) is 48.5 Å². The van der Waals surface area contributed by atoms with Crippen molar-refractivity contribution in [1.82, 2.24) is 5.32 Å². The Hall–Kier alpha value is -2.73. The molecular formula is C18H20N2O4. The molecule has 0 aliphatic carbocycles. The highest BCUT2D eigenvalue weighted by molar-refractivity contribution is 5.79. The maximum absolute atomic E-state index is 11.9. The van der Waals surface area contributed by atoms with E-state index < -0.39 is 4.92 Å². The lowest BCUT2D eigenvalue weighted by Crippen LogP contribution is -2.27. The van der Waals surface area contributed by atoms with Crippen molar-refractivity contribution in [2.24, 2.45) is 0 Å². The number of nitrogens with zero attached hydrogens (tertiary/aromatic N) is 1. The van der Waals surface area contributed by atoms with Gasteiger partial charge in [0.2, 0.25) is 5.91 Å². The highest BCUT2D eigenvalue weighted by atomic mass is 16.6. The lowest BCUT2D eigenvalue weighted by Gasteiger charge is -2.07. The van der Waals surface area contributed by atoms with Gasteiger partial charge in [0, 0.05) is 24.8 Å². The molecule has 0 fully saturated rings. The average Bonchev–Trinajstić information content (AvgIpc) is 2.59. The molecule has 6 heteroatoms. The fourth-order valence-corrected chi connectivity index (χ4v) is 2.24. The summed E-state index contributed by atoms with van der Waals surface area (Å²) in [6, 6.07) is 16.1. The highest BCUT2D eigenvalue weighted by Gasteiger charge is 2.14. The van der Waals surface area contributed by atoms with Crippen LogP contribution < -0.4 is 5.32 Å². The third kappa shape index (κ3) is 5.81. The first-order valence-electron chi connectivity index (χ1n) is 7.77. The van der Waals surface area contributed by atoms with Crippen LogP contribution >= 0.6 is 0 Å². The van der Waals surface area contributed by atoms with Crippen LogP contribution in [0.3, 0.4) is 0 Å². The first-order valence-corrected chi connectivity index (χ1v) is 7.77. The fraction of sp³-hybridized carbons (Fsp3) is 0.278. The molecule has 6 nitrogen and oxygen atoms in total. The van der Waals surface area contributed by atoms with Crippen LogP contribution in [0.15, 0.2) is 54.6 Å². The number of ether oxygens (including phenoxy) is 1. The normalized spacial score (nSPS) is 10.3. The zero-order valence-corrected chi connectivity index (χ0v) is 13.3. The van der Waals surface area contributed by atoms with E-state index in [9.17, 15) is 14.9 Å². The molecule has 0 aliphatic rings. The summed E-state index contributed by atoms with van der Waals surface area (Å²) in [7, 11) is 0. The summed E-state index contributed by atoms with van der Waals surface area (Å²) in [6.07, 6.45) is 0.692. The van der Waals surface area contributed by atoms with Gasteiger partial charge in [0.05, 0.1) is 18.0 Å². The molecule has 0 atom stereocenters. The number of carbonyl (C=O) groups excluding carboxylic acids is 1. The van der Waals surface area contributed by atoms with Gasteiger partial charge >= 0.3 is 0 Å². The van der Waals surface area contributed by atoms with Gasteiger partial charge in [-0.15, -0.1) is 0 Å². The van der Waals surface area contributed by atoms with Crippen molar-refractivity contribution in [2.75, 3.05) is 13.2 Å². The molecule has 0 bridgehead atoms. The van der Waals surface area contributed by atoms with Gasteiger partial charge in [-0.25, -0.2) is 0 Å². The number of nitrogens with one attached hydrogen (secondary N) is 1. The predicted molar refractivity (Wildman–Crippen MR) is 90.5 cm³/mol. The van der Waals surface area contributed by atoms with Gasteiger partial charge in [0.25, 0.3) is 5.69 Å². The van der Waals surface area contributed by atoms with Crippen LogP contribution in [-0.2, 0) is 22.6 Å². The number of rotatable bonds is 9. The van der Waals surface area contributed by atoms with Crippen LogP contribution in [0, 0.1) is 10.1 Å². The van der Waals surface area contributed by atoms with Crippen molar-refractivity contribution in [2.45, 2.75) is 19.4 Å². The molecule has 0 aromatic heterocycles. The topological polar surface area (TPSA) is 81.5 Å². The van der Waals surface area contributed by atoms with Crippen LogP contribution in [0.2, 0.25) is 0 Å². The Morgan fingerprint density at radius 3 is 2.54 bits per heavy atom. The van der Waals surface area contributed by atoms with Crippen molar-refractivity contribution in [3.05, 3.63) is 75.8 Å². The van der Waals surface area contributed by atoms with Crippen LogP contribution in [0.4, 0.5) is 5.69 Å². The van der Waals surface area contributed by atoms with Crippen molar-refractivity contribution in [3.8, 4) is 0 Å². The third-order valence-electron chi connectivity index (χ3n) is 3.44. The maximum atomic E-state index is 11.9. The zero-order chi connectivity index (χ0) is 17.2. The van der Waals surface area contributed by atoms with Gasteiger partial charge in [-0.05, 0) is 12.0 Å². The van der Waals surface area contributed by atoms with E-state index in [1.807, 2.05) is 30.3 Å². The van der Waals surface area contributed by atoms with Gasteiger partial charge in [0.15, 0.2) is 0 Å². The van der Waals surface area contributed by atoms with E-state index in [4.69, 9.17) is 4.74 Å². The van der Waals surface area contributed by atoms with Crippen LogP contribution in [0.5, 0.6) is 0 Å². The van der Waals surface area contributed by atoms with Crippen molar-refractivity contribution in [3.63, 3.8) is 0 Å². The molecule has 1 amide bonds. The summed E-state index contributed by atoms with van der Waals surface area (Å²) in [4.78, 5) is 22.3. The van der Waals surface area contributed by atoms with E-state index in [1.165, 1.54) is 6.07 Å². The molecule has 0 spiro atoms. The second-order valence-corrected chi connectivity index (χ2v) is 5.30. The first-order chi connectivity index (χ1) is 11.7. The monoisotopic (exact) mass is 328 g/mol. The van der Waals surface area contributed by atoms with Crippen molar-refractivity contribution in [1.29, 1.82) is 0 Å². The number of para-hydroxylation sites is 1. The minimum Gasteiger partial charge on any atom is -0.377 e. The van der Waals surface area contributed by atoms with Gasteiger partial charge in [-0.2, -0.15) is 0 Å². The number of amides is 1. The van der Waals surface area contributed by atoms with Gasteiger partial charge in [-0.3, -0.25) is 14.9 Å². The number of nitro benzene ring substituents is 1. The van der Waals surface area contributed by atoms with E-state index in [-0.39, 0.29) is 18.0 Å². The molecule has 2 rings (SSSR count). The number of hydrogen-bond donors (Lipinski definition) is 1. The Balaban J connectivity index is 1.64. The summed E-state index contributed by atoms with van der Waals surface area (Å²) < 4.78 is 5.53. The minimum absolute atomic E-state index is 0.00201. The van der Waals surface area contributed by atoms with E-state index in [0.717, 1.165) is 5.56 Å². The molecule has 2 aromatic rings. The van der Waals surface area contributed by atoms with Crippen molar-refractivity contribution >= 4 is 11.6 Å². The second-order valence-electron chi connectivity index (χ2n) is 5.30. The summed E-state index contributed by atoms with van der Waals surface area (Å²) in [6.45, 7) is 1.57. The number of hydrogen-bond acceptors (Lipinski definition) is 4. The van der Waals surface area contributed by atoms with Crippen LogP contribution in [0.25, 0.3) is 0 Å². The summed E-state index contributed by atoms with van der Waals surface area (Å²) in [5.74, 6) is -0.229. The predicted octanol–water partition coefficient (Wildman–Crippen LogP) is 2.86. The molecule has 0 radical (unpaired) electrons. The van der Waals surface area contributed by atoms with E-state index >= 15 is 0 Å². The average molecular weight is 328 g/mol. The molecule has 24 heavy (non-hydrogen) atoms. The second kappa shape index (κ2) is 9.42. The molecule has 126 valence electrons. The standard InChI is InChI=1S/C18H20N2O4/c21-18(13-16-9-4-5-10-17(16)20(22)23)19-11-6-12-24-14-15-7-2-1-3-8-15/h1-5,7-10H,6,11-14H2,(H,19,21). The summed E-state index contributed by atoms with van der Waals surface area (Å²) in [5.41, 5.74) is 1.50.